The Morgan fingerprint density at radius 3 is 2.54 bits per heavy atom. The summed E-state index contributed by atoms with van der Waals surface area (Å²) in [6.07, 6.45) is -1.06. The summed E-state index contributed by atoms with van der Waals surface area (Å²) in [4.78, 5) is 11.6. The van der Waals surface area contributed by atoms with Crippen molar-refractivity contribution in [3.8, 4) is 0 Å². The zero-order valence-electron chi connectivity index (χ0n) is 12.7. The molecule has 1 atom stereocenters. The quantitative estimate of drug-likeness (QED) is 0.758. The van der Waals surface area contributed by atoms with Crippen molar-refractivity contribution in [1.29, 1.82) is 0 Å². The molecule has 0 aliphatic heterocycles. The second-order valence-corrected chi connectivity index (χ2v) is 5.16. The molecule has 0 saturated heterocycles. The lowest BCUT2D eigenvalue weighted by molar-refractivity contribution is 0.169. The number of hydrogen-bond donors (Lipinski definition) is 3. The van der Waals surface area contributed by atoms with Gasteiger partial charge in [-0.25, -0.2) is 18.0 Å². The van der Waals surface area contributed by atoms with Crippen LogP contribution in [-0.2, 0) is 6.42 Å². The third-order valence-corrected chi connectivity index (χ3v) is 3.41. The molecule has 0 heterocycles. The molecule has 3 N–H and O–H groups in total. The highest BCUT2D eigenvalue weighted by Crippen LogP contribution is 2.15. The number of urea groups is 1. The summed E-state index contributed by atoms with van der Waals surface area (Å²) in [5.74, 6) is -1.66. The Morgan fingerprint density at radius 2 is 1.79 bits per heavy atom. The summed E-state index contributed by atoms with van der Waals surface area (Å²) in [7, 11) is 0. The monoisotopic (exact) mass is 338 g/mol. The molecule has 2 rings (SSSR count). The van der Waals surface area contributed by atoms with Gasteiger partial charge in [0.2, 0.25) is 0 Å². The van der Waals surface area contributed by atoms with Crippen LogP contribution in [0.4, 0.5) is 18.0 Å². The fourth-order valence-electron chi connectivity index (χ4n) is 2.15. The number of carbonyl (C=O) groups is 1. The lowest BCUT2D eigenvalue weighted by Crippen LogP contribution is -2.38. The molecule has 0 aliphatic carbocycles. The lowest BCUT2D eigenvalue weighted by Gasteiger charge is -2.13. The zero-order valence-corrected chi connectivity index (χ0v) is 12.7. The van der Waals surface area contributed by atoms with E-state index in [1.54, 1.807) is 6.07 Å². The number of aliphatic hydroxyl groups is 1. The van der Waals surface area contributed by atoms with Crippen LogP contribution in [-0.4, -0.2) is 24.2 Å². The van der Waals surface area contributed by atoms with Crippen LogP contribution in [0.1, 0.15) is 17.2 Å². The van der Waals surface area contributed by atoms with E-state index in [4.69, 9.17) is 0 Å². The number of halogens is 3. The summed E-state index contributed by atoms with van der Waals surface area (Å²) in [5.41, 5.74) is 0.237. The van der Waals surface area contributed by atoms with Gasteiger partial charge in [0.05, 0.1) is 6.10 Å². The average molecular weight is 338 g/mol. The fraction of sp³-hybridized carbons (Fsp3) is 0.235. The molecule has 0 radical (unpaired) electrons. The minimum absolute atomic E-state index is 0.0830. The molecule has 2 aromatic rings. The lowest BCUT2D eigenvalue weighted by atomic mass is 10.1. The smallest absolute Gasteiger partial charge is 0.314 e. The fourth-order valence-corrected chi connectivity index (χ4v) is 2.15. The standard InChI is InChI=1S/C17H17F3N2O2/c18-12-5-6-14(19)11(9-12)7-8-21-17(24)22-10-16(23)13-3-1-2-4-15(13)20/h1-6,9,16,23H,7-8,10H2,(H2,21,22,24). The SMILES string of the molecule is O=C(NCCc1cc(F)ccc1F)NCC(O)c1ccccc1F. The average Bonchev–Trinajstić information content (AvgIpc) is 2.56. The maximum absolute atomic E-state index is 13.5. The topological polar surface area (TPSA) is 61.4 Å². The Hall–Kier alpha value is -2.54. The molecule has 128 valence electrons. The van der Waals surface area contributed by atoms with Crippen molar-refractivity contribution in [2.45, 2.75) is 12.5 Å². The molecule has 24 heavy (non-hydrogen) atoms. The number of amides is 2. The van der Waals surface area contributed by atoms with Gasteiger partial charge in [-0.05, 0) is 36.2 Å². The van der Waals surface area contributed by atoms with Crippen molar-refractivity contribution in [1.82, 2.24) is 10.6 Å². The van der Waals surface area contributed by atoms with Crippen LogP contribution in [0.15, 0.2) is 42.5 Å². The normalized spacial score (nSPS) is 11.8. The predicted octanol–water partition coefficient (Wildman–Crippen LogP) is 2.68. The van der Waals surface area contributed by atoms with Crippen LogP contribution in [0.3, 0.4) is 0 Å². The molecule has 4 nitrogen and oxygen atoms in total. The van der Waals surface area contributed by atoms with E-state index in [1.165, 1.54) is 18.2 Å². The van der Waals surface area contributed by atoms with Gasteiger partial charge in [-0.3, -0.25) is 0 Å². The van der Waals surface area contributed by atoms with Gasteiger partial charge in [0.15, 0.2) is 0 Å². The summed E-state index contributed by atoms with van der Waals surface area (Å²) in [6.45, 7) is -0.0942. The van der Waals surface area contributed by atoms with Gasteiger partial charge in [-0.1, -0.05) is 18.2 Å². The predicted molar refractivity (Wildman–Crippen MR) is 82.8 cm³/mol. The van der Waals surface area contributed by atoms with Crippen LogP contribution in [0.2, 0.25) is 0 Å². The molecule has 1 unspecified atom stereocenters. The highest BCUT2D eigenvalue weighted by Gasteiger charge is 2.13. The third kappa shape index (κ3) is 4.99. The molecule has 0 saturated carbocycles. The molecule has 0 aromatic heterocycles. The summed E-state index contributed by atoms with van der Waals surface area (Å²) < 4.78 is 39.9. The summed E-state index contributed by atoms with van der Waals surface area (Å²) in [6, 6.07) is 8.22. The molecular formula is C17H17F3N2O2. The highest BCUT2D eigenvalue weighted by molar-refractivity contribution is 5.73. The van der Waals surface area contributed by atoms with E-state index in [1.807, 2.05) is 0 Å². The maximum Gasteiger partial charge on any atom is 0.314 e. The van der Waals surface area contributed by atoms with Gasteiger partial charge in [0.1, 0.15) is 17.5 Å². The summed E-state index contributed by atoms with van der Waals surface area (Å²) in [5, 5.41) is 14.7. The van der Waals surface area contributed by atoms with E-state index in [0.717, 1.165) is 18.2 Å². The Labute approximate surface area is 137 Å². The Balaban J connectivity index is 1.75. The third-order valence-electron chi connectivity index (χ3n) is 3.41. The molecule has 7 heteroatoms. The first-order chi connectivity index (χ1) is 11.5. The van der Waals surface area contributed by atoms with Crippen LogP contribution in [0.5, 0.6) is 0 Å². The van der Waals surface area contributed by atoms with Gasteiger partial charge in [0, 0.05) is 18.7 Å². The van der Waals surface area contributed by atoms with Gasteiger partial charge in [-0.2, -0.15) is 0 Å². The highest BCUT2D eigenvalue weighted by atomic mass is 19.1. The van der Waals surface area contributed by atoms with Crippen molar-refractivity contribution in [2.75, 3.05) is 13.1 Å². The first-order valence-corrected chi connectivity index (χ1v) is 7.35. The van der Waals surface area contributed by atoms with Crippen LogP contribution < -0.4 is 10.6 Å². The maximum atomic E-state index is 13.5. The molecular weight excluding hydrogens is 321 g/mol. The molecule has 0 bridgehead atoms. The number of hydrogen-bond acceptors (Lipinski definition) is 2. The molecule has 0 aliphatic rings. The minimum atomic E-state index is -1.18. The molecule has 2 amide bonds. The second-order valence-electron chi connectivity index (χ2n) is 5.16. The Kier molecular flexibility index (Phi) is 6.20. The number of benzene rings is 2. The largest absolute Gasteiger partial charge is 0.386 e. The van der Waals surface area contributed by atoms with Gasteiger partial charge >= 0.3 is 6.03 Å². The molecule has 0 spiro atoms. The molecule has 0 fully saturated rings. The van der Waals surface area contributed by atoms with Crippen LogP contribution in [0, 0.1) is 17.5 Å². The minimum Gasteiger partial charge on any atom is -0.386 e. The van der Waals surface area contributed by atoms with E-state index in [-0.39, 0.29) is 30.6 Å². The van der Waals surface area contributed by atoms with E-state index >= 15 is 0 Å². The van der Waals surface area contributed by atoms with E-state index in [9.17, 15) is 23.1 Å². The number of nitrogens with one attached hydrogen (secondary N) is 2. The van der Waals surface area contributed by atoms with E-state index < -0.39 is 29.6 Å². The second kappa shape index (κ2) is 8.35. The molecule has 2 aromatic carbocycles. The first kappa shape index (κ1) is 17.8. The van der Waals surface area contributed by atoms with E-state index in [0.29, 0.717) is 0 Å². The van der Waals surface area contributed by atoms with Crippen molar-refractivity contribution in [2.24, 2.45) is 0 Å². The van der Waals surface area contributed by atoms with Crippen molar-refractivity contribution in [3.05, 3.63) is 71.0 Å². The number of carbonyl (C=O) groups excluding carboxylic acids is 1. The summed E-state index contributed by atoms with van der Waals surface area (Å²) >= 11 is 0. The Morgan fingerprint density at radius 1 is 1.04 bits per heavy atom. The first-order valence-electron chi connectivity index (χ1n) is 7.35. The van der Waals surface area contributed by atoms with Crippen molar-refractivity contribution < 1.29 is 23.1 Å². The van der Waals surface area contributed by atoms with E-state index in [2.05, 4.69) is 10.6 Å². The van der Waals surface area contributed by atoms with Gasteiger partial charge in [-0.15, -0.1) is 0 Å². The number of aliphatic hydroxyl groups excluding tert-OH is 1. The van der Waals surface area contributed by atoms with Crippen LogP contribution in [0.25, 0.3) is 0 Å². The van der Waals surface area contributed by atoms with Crippen molar-refractivity contribution in [3.63, 3.8) is 0 Å². The number of rotatable bonds is 6. The van der Waals surface area contributed by atoms with Crippen LogP contribution >= 0.6 is 0 Å². The van der Waals surface area contributed by atoms with Gasteiger partial charge in [0.25, 0.3) is 0 Å². The Bertz CT molecular complexity index is 710. The zero-order chi connectivity index (χ0) is 17.5. The van der Waals surface area contributed by atoms with Gasteiger partial charge < -0.3 is 15.7 Å². The van der Waals surface area contributed by atoms with Crippen molar-refractivity contribution >= 4 is 6.03 Å².